The van der Waals surface area contributed by atoms with Crippen LogP contribution >= 0.6 is 0 Å². The van der Waals surface area contributed by atoms with E-state index in [0.29, 0.717) is 5.39 Å². The number of nitrogens with zero attached hydrogens (tertiary/aromatic N) is 1. The fourth-order valence-electron chi connectivity index (χ4n) is 2.86. The minimum atomic E-state index is -0.324. The van der Waals surface area contributed by atoms with E-state index in [0.717, 1.165) is 21.5 Å². The highest BCUT2D eigenvalue weighted by atomic mass is 16.6. The first-order valence-electron chi connectivity index (χ1n) is 6.72. The summed E-state index contributed by atoms with van der Waals surface area (Å²) in [7, 11) is 0. The number of nitro benzene ring substituents is 1. The molecule has 0 bridgehead atoms. The van der Waals surface area contributed by atoms with Gasteiger partial charge in [-0.15, -0.1) is 0 Å². The van der Waals surface area contributed by atoms with Crippen molar-refractivity contribution in [3.63, 3.8) is 0 Å². The van der Waals surface area contributed by atoms with E-state index in [1.54, 1.807) is 12.1 Å². The molecule has 0 aromatic heterocycles. The Labute approximate surface area is 120 Å². The van der Waals surface area contributed by atoms with Gasteiger partial charge in [0, 0.05) is 6.07 Å². The molecule has 0 aliphatic carbocycles. The predicted octanol–water partition coefficient (Wildman–Crippen LogP) is 5.05. The SMILES string of the molecule is O=[N+]([O-])c1cccc2cc3cc4ccccc4cc3cc12. The van der Waals surface area contributed by atoms with E-state index < -0.39 is 0 Å². The van der Waals surface area contributed by atoms with E-state index in [-0.39, 0.29) is 10.6 Å². The minimum Gasteiger partial charge on any atom is -0.258 e. The van der Waals surface area contributed by atoms with Crippen molar-refractivity contribution in [3.8, 4) is 0 Å². The summed E-state index contributed by atoms with van der Waals surface area (Å²) in [5, 5.41) is 17.2. The van der Waals surface area contributed by atoms with Gasteiger partial charge in [0.15, 0.2) is 0 Å². The molecule has 0 fully saturated rings. The van der Waals surface area contributed by atoms with Gasteiger partial charge >= 0.3 is 0 Å². The average Bonchev–Trinajstić information content (AvgIpc) is 2.50. The lowest BCUT2D eigenvalue weighted by molar-refractivity contribution is -0.383. The molecule has 0 atom stereocenters. The van der Waals surface area contributed by atoms with Crippen molar-refractivity contribution in [2.75, 3.05) is 0 Å². The molecule has 3 heteroatoms. The Kier molecular flexibility index (Phi) is 2.42. The van der Waals surface area contributed by atoms with Crippen molar-refractivity contribution in [1.29, 1.82) is 0 Å². The number of benzene rings is 4. The van der Waals surface area contributed by atoms with Crippen molar-refractivity contribution < 1.29 is 4.92 Å². The summed E-state index contributed by atoms with van der Waals surface area (Å²) in [5.41, 5.74) is 0.155. The summed E-state index contributed by atoms with van der Waals surface area (Å²) in [6.45, 7) is 0. The van der Waals surface area contributed by atoms with Crippen LogP contribution in [-0.2, 0) is 0 Å². The first-order chi connectivity index (χ1) is 10.2. The largest absolute Gasteiger partial charge is 0.277 e. The highest BCUT2D eigenvalue weighted by Gasteiger charge is 2.11. The van der Waals surface area contributed by atoms with Gasteiger partial charge in [-0.2, -0.15) is 0 Å². The van der Waals surface area contributed by atoms with Gasteiger partial charge in [0.2, 0.25) is 0 Å². The van der Waals surface area contributed by atoms with E-state index >= 15 is 0 Å². The maximum absolute atomic E-state index is 11.2. The van der Waals surface area contributed by atoms with Crippen LogP contribution in [0.1, 0.15) is 0 Å². The Morgan fingerprint density at radius 2 is 1.24 bits per heavy atom. The number of hydrogen-bond donors (Lipinski definition) is 0. The molecular weight excluding hydrogens is 262 g/mol. The molecule has 0 heterocycles. The van der Waals surface area contributed by atoms with Crippen LogP contribution in [0.25, 0.3) is 32.3 Å². The van der Waals surface area contributed by atoms with Crippen molar-refractivity contribution in [2.24, 2.45) is 0 Å². The van der Waals surface area contributed by atoms with Gasteiger partial charge in [-0.05, 0) is 51.2 Å². The Morgan fingerprint density at radius 3 is 1.90 bits per heavy atom. The zero-order valence-electron chi connectivity index (χ0n) is 11.1. The van der Waals surface area contributed by atoms with Gasteiger partial charge in [0.1, 0.15) is 0 Å². The minimum absolute atomic E-state index is 0.155. The molecule has 21 heavy (non-hydrogen) atoms. The molecule has 100 valence electrons. The Hall–Kier alpha value is -2.94. The summed E-state index contributed by atoms with van der Waals surface area (Å²) in [6, 6.07) is 21.5. The standard InChI is InChI=1S/C18H11NO2/c20-19(21)18-7-3-6-14-10-15-8-12-4-1-2-5-13(12)9-16(15)11-17(14)18/h1-11H. The number of non-ortho nitro benzene ring substituents is 1. The molecule has 0 aliphatic rings. The van der Waals surface area contributed by atoms with Crippen LogP contribution in [0.15, 0.2) is 66.7 Å². The molecule has 0 saturated carbocycles. The van der Waals surface area contributed by atoms with E-state index in [4.69, 9.17) is 0 Å². The lowest BCUT2D eigenvalue weighted by Gasteiger charge is -2.05. The van der Waals surface area contributed by atoms with Crippen LogP contribution < -0.4 is 0 Å². The van der Waals surface area contributed by atoms with Crippen LogP contribution in [-0.4, -0.2) is 4.92 Å². The molecule has 0 radical (unpaired) electrons. The summed E-state index contributed by atoms with van der Waals surface area (Å²) < 4.78 is 0. The van der Waals surface area contributed by atoms with Crippen LogP contribution in [0.5, 0.6) is 0 Å². The molecule has 0 N–H and O–H groups in total. The Morgan fingerprint density at radius 1 is 0.667 bits per heavy atom. The van der Waals surface area contributed by atoms with Crippen molar-refractivity contribution in [2.45, 2.75) is 0 Å². The smallest absolute Gasteiger partial charge is 0.258 e. The quantitative estimate of drug-likeness (QED) is 0.276. The van der Waals surface area contributed by atoms with Crippen LogP contribution in [0.4, 0.5) is 5.69 Å². The summed E-state index contributed by atoms with van der Waals surface area (Å²) in [4.78, 5) is 10.8. The van der Waals surface area contributed by atoms with Crippen LogP contribution in [0, 0.1) is 10.1 Å². The summed E-state index contributed by atoms with van der Waals surface area (Å²) >= 11 is 0. The van der Waals surface area contributed by atoms with Gasteiger partial charge in [-0.1, -0.05) is 36.4 Å². The molecule has 4 aromatic carbocycles. The van der Waals surface area contributed by atoms with E-state index in [9.17, 15) is 10.1 Å². The van der Waals surface area contributed by atoms with Crippen molar-refractivity contribution in [1.82, 2.24) is 0 Å². The van der Waals surface area contributed by atoms with Gasteiger partial charge in [0.25, 0.3) is 5.69 Å². The third kappa shape index (κ3) is 1.82. The van der Waals surface area contributed by atoms with Crippen molar-refractivity contribution in [3.05, 3.63) is 76.8 Å². The first-order valence-corrected chi connectivity index (χ1v) is 6.72. The number of nitro groups is 1. The topological polar surface area (TPSA) is 43.1 Å². The normalized spacial score (nSPS) is 11.2. The summed E-state index contributed by atoms with van der Waals surface area (Å²) in [6.07, 6.45) is 0. The third-order valence-electron chi connectivity index (χ3n) is 3.88. The van der Waals surface area contributed by atoms with Crippen molar-refractivity contribution >= 4 is 38.0 Å². The van der Waals surface area contributed by atoms with Gasteiger partial charge in [-0.25, -0.2) is 0 Å². The highest BCUT2D eigenvalue weighted by Crippen LogP contribution is 2.31. The van der Waals surface area contributed by atoms with Gasteiger partial charge < -0.3 is 0 Å². The molecule has 3 nitrogen and oxygen atoms in total. The first kappa shape index (κ1) is 11.9. The molecular formula is C18H11NO2. The van der Waals surface area contributed by atoms with Crippen LogP contribution in [0.3, 0.4) is 0 Å². The van der Waals surface area contributed by atoms with E-state index in [1.165, 1.54) is 5.39 Å². The average molecular weight is 273 g/mol. The fourth-order valence-corrected chi connectivity index (χ4v) is 2.86. The van der Waals surface area contributed by atoms with Gasteiger partial charge in [0.05, 0.1) is 10.3 Å². The number of rotatable bonds is 1. The molecule has 0 aliphatic heterocycles. The second-order valence-electron chi connectivity index (χ2n) is 5.15. The van der Waals surface area contributed by atoms with E-state index in [2.05, 4.69) is 24.3 Å². The second-order valence-corrected chi connectivity index (χ2v) is 5.15. The lowest BCUT2D eigenvalue weighted by atomic mass is 9.99. The molecule has 0 amide bonds. The van der Waals surface area contributed by atoms with E-state index in [1.807, 2.05) is 30.3 Å². The maximum atomic E-state index is 11.2. The zero-order valence-corrected chi connectivity index (χ0v) is 11.1. The maximum Gasteiger partial charge on any atom is 0.277 e. The lowest BCUT2D eigenvalue weighted by Crippen LogP contribution is -1.89. The molecule has 0 unspecified atom stereocenters. The molecule has 4 aromatic rings. The number of fused-ring (bicyclic) bond motifs is 3. The fraction of sp³-hybridized carbons (Fsp3) is 0. The predicted molar refractivity (Wildman–Crippen MR) is 85.6 cm³/mol. The molecule has 4 rings (SSSR count). The van der Waals surface area contributed by atoms with Gasteiger partial charge in [-0.3, -0.25) is 10.1 Å². The molecule has 0 spiro atoms. The Bertz CT molecular complexity index is 1020. The molecule has 0 saturated heterocycles. The highest BCUT2D eigenvalue weighted by molar-refractivity contribution is 6.06. The van der Waals surface area contributed by atoms with Crippen LogP contribution in [0.2, 0.25) is 0 Å². The third-order valence-corrected chi connectivity index (χ3v) is 3.88. The number of hydrogen-bond acceptors (Lipinski definition) is 2. The monoisotopic (exact) mass is 273 g/mol. The Balaban J connectivity index is 2.15. The second kappa shape index (κ2) is 4.28. The zero-order chi connectivity index (χ0) is 14.4. The summed E-state index contributed by atoms with van der Waals surface area (Å²) in [5.74, 6) is 0.